The first-order valence-electron chi connectivity index (χ1n) is 8.47. The quantitative estimate of drug-likeness (QED) is 0.743. The SMILES string of the molecule is CC(=O)O.CC(C)n1ncc2cc(B3OC(C)(C)C(C)(C)O3)ccc21.[H-].[K+]. The Morgan fingerprint density at radius 2 is 1.73 bits per heavy atom. The van der Waals surface area contributed by atoms with E-state index in [1.807, 2.05) is 10.9 Å². The van der Waals surface area contributed by atoms with Crippen molar-refractivity contribution in [2.24, 2.45) is 0 Å². The van der Waals surface area contributed by atoms with Crippen molar-refractivity contribution in [3.8, 4) is 0 Å². The van der Waals surface area contributed by atoms with Crippen molar-refractivity contribution in [3.05, 3.63) is 24.4 Å². The molecule has 0 spiro atoms. The Morgan fingerprint density at radius 3 is 2.19 bits per heavy atom. The summed E-state index contributed by atoms with van der Waals surface area (Å²) in [6.45, 7) is 13.6. The topological polar surface area (TPSA) is 73.6 Å². The summed E-state index contributed by atoms with van der Waals surface area (Å²) in [5.74, 6) is -0.833. The second-order valence-electron chi connectivity index (χ2n) is 7.61. The average molecular weight is 386 g/mol. The van der Waals surface area contributed by atoms with Crippen LogP contribution in [0.4, 0.5) is 0 Å². The van der Waals surface area contributed by atoms with E-state index in [0.29, 0.717) is 6.04 Å². The molecule has 26 heavy (non-hydrogen) atoms. The van der Waals surface area contributed by atoms with Crippen LogP contribution in [0.2, 0.25) is 0 Å². The van der Waals surface area contributed by atoms with Gasteiger partial charge < -0.3 is 15.8 Å². The van der Waals surface area contributed by atoms with Crippen LogP contribution in [0, 0.1) is 0 Å². The molecule has 3 rings (SSSR count). The molecule has 1 fully saturated rings. The van der Waals surface area contributed by atoms with E-state index in [9.17, 15) is 0 Å². The molecule has 1 aliphatic rings. The molecule has 0 radical (unpaired) electrons. The Balaban J connectivity index is 0.00000103. The van der Waals surface area contributed by atoms with Gasteiger partial charge in [0, 0.05) is 18.4 Å². The molecule has 1 aromatic heterocycles. The smallest absolute Gasteiger partial charge is 1.00 e. The molecular formula is C18H28BKN2O4. The minimum Gasteiger partial charge on any atom is -1.00 e. The number of fused-ring (bicyclic) bond motifs is 1. The van der Waals surface area contributed by atoms with E-state index < -0.39 is 5.97 Å². The predicted octanol–water partition coefficient (Wildman–Crippen LogP) is 0.124. The molecule has 1 aliphatic heterocycles. The number of carbonyl (C=O) groups is 1. The summed E-state index contributed by atoms with van der Waals surface area (Å²) in [7, 11) is -0.318. The molecule has 0 saturated carbocycles. The van der Waals surface area contributed by atoms with E-state index in [2.05, 4.69) is 64.8 Å². The summed E-state index contributed by atoms with van der Waals surface area (Å²) in [6.07, 6.45) is 1.91. The van der Waals surface area contributed by atoms with Gasteiger partial charge in [0.05, 0.1) is 22.9 Å². The maximum Gasteiger partial charge on any atom is 1.00 e. The van der Waals surface area contributed by atoms with Crippen LogP contribution in [0.5, 0.6) is 0 Å². The number of benzene rings is 1. The zero-order valence-electron chi connectivity index (χ0n) is 18.0. The van der Waals surface area contributed by atoms with Gasteiger partial charge in [0.2, 0.25) is 0 Å². The van der Waals surface area contributed by atoms with E-state index in [1.165, 1.54) is 0 Å². The van der Waals surface area contributed by atoms with E-state index in [0.717, 1.165) is 23.3 Å². The van der Waals surface area contributed by atoms with Gasteiger partial charge in [0.25, 0.3) is 5.97 Å². The number of rotatable bonds is 2. The standard InChI is InChI=1S/C16H23BN2O2.C2H4O2.K.H/c1-11(2)19-14-8-7-13(9-12(14)10-18-19)17-20-15(3,4)16(5,6)21-17;1-2(3)4;;/h7-11H,1-6H3;1H3,(H,3,4);;/q;;+1;-1. The van der Waals surface area contributed by atoms with Crippen molar-refractivity contribution >= 4 is 29.5 Å². The Bertz CT molecular complexity index is 760. The second-order valence-corrected chi connectivity index (χ2v) is 7.61. The average Bonchev–Trinajstić information content (AvgIpc) is 2.96. The fourth-order valence-electron chi connectivity index (χ4n) is 2.61. The van der Waals surface area contributed by atoms with Gasteiger partial charge in [-0.1, -0.05) is 12.1 Å². The van der Waals surface area contributed by atoms with Crippen LogP contribution in [0.3, 0.4) is 0 Å². The molecule has 0 atom stereocenters. The summed E-state index contributed by atoms with van der Waals surface area (Å²) in [5.41, 5.74) is 1.57. The summed E-state index contributed by atoms with van der Waals surface area (Å²) >= 11 is 0. The summed E-state index contributed by atoms with van der Waals surface area (Å²) in [5, 5.41) is 13.0. The third kappa shape index (κ3) is 5.19. The number of carboxylic acid groups (broad SMARTS) is 1. The Hall–Kier alpha value is -0.219. The molecule has 1 saturated heterocycles. The Morgan fingerprint density at radius 1 is 1.23 bits per heavy atom. The largest absolute Gasteiger partial charge is 1.00 e. The van der Waals surface area contributed by atoms with Gasteiger partial charge in [-0.2, -0.15) is 5.10 Å². The minimum absolute atomic E-state index is 0. The summed E-state index contributed by atoms with van der Waals surface area (Å²) in [6, 6.07) is 6.64. The number of hydrogen-bond acceptors (Lipinski definition) is 4. The molecule has 0 unspecified atom stereocenters. The van der Waals surface area contributed by atoms with Crippen molar-refractivity contribution in [2.45, 2.75) is 65.7 Å². The predicted molar refractivity (Wildman–Crippen MR) is 100 cm³/mol. The van der Waals surface area contributed by atoms with Gasteiger partial charge >= 0.3 is 58.5 Å². The van der Waals surface area contributed by atoms with Crippen molar-refractivity contribution in [1.82, 2.24) is 9.78 Å². The number of aliphatic carboxylic acids is 1. The molecule has 0 bridgehead atoms. The number of carboxylic acids is 1. The third-order valence-corrected chi connectivity index (χ3v) is 4.63. The van der Waals surface area contributed by atoms with Crippen molar-refractivity contribution in [3.63, 3.8) is 0 Å². The summed E-state index contributed by atoms with van der Waals surface area (Å²) < 4.78 is 14.2. The fourth-order valence-corrected chi connectivity index (χ4v) is 2.61. The van der Waals surface area contributed by atoms with E-state index in [1.54, 1.807) is 0 Å². The summed E-state index contributed by atoms with van der Waals surface area (Å²) in [4.78, 5) is 9.00. The van der Waals surface area contributed by atoms with Crippen LogP contribution in [-0.4, -0.2) is 39.2 Å². The first-order chi connectivity index (χ1) is 11.4. The van der Waals surface area contributed by atoms with Gasteiger partial charge in [-0.3, -0.25) is 9.48 Å². The number of nitrogens with zero attached hydrogens (tertiary/aromatic N) is 2. The molecule has 0 aliphatic carbocycles. The maximum atomic E-state index is 9.00. The van der Waals surface area contributed by atoms with E-state index in [4.69, 9.17) is 19.2 Å². The van der Waals surface area contributed by atoms with Crippen LogP contribution in [-0.2, 0) is 14.1 Å². The number of hydrogen-bond donors (Lipinski definition) is 1. The normalized spacial score (nSPS) is 17.6. The van der Waals surface area contributed by atoms with Crippen molar-refractivity contribution in [1.29, 1.82) is 0 Å². The molecule has 1 aromatic carbocycles. The first kappa shape index (κ1) is 23.8. The molecule has 0 amide bonds. The first-order valence-corrected chi connectivity index (χ1v) is 8.47. The molecular weight excluding hydrogens is 358 g/mol. The van der Waals surface area contributed by atoms with E-state index in [-0.39, 0.29) is 71.1 Å². The van der Waals surface area contributed by atoms with Crippen molar-refractivity contribution in [2.75, 3.05) is 0 Å². The zero-order valence-corrected chi connectivity index (χ0v) is 20.2. The van der Waals surface area contributed by atoms with Crippen molar-refractivity contribution < 1.29 is 72.0 Å². The molecule has 6 nitrogen and oxygen atoms in total. The van der Waals surface area contributed by atoms with Crippen LogP contribution < -0.4 is 56.8 Å². The molecule has 2 aromatic rings. The monoisotopic (exact) mass is 386 g/mol. The number of aromatic nitrogens is 2. The van der Waals surface area contributed by atoms with Gasteiger partial charge in [-0.25, -0.2) is 0 Å². The van der Waals surface area contributed by atoms with Crippen LogP contribution in [0.25, 0.3) is 10.9 Å². The van der Waals surface area contributed by atoms with Gasteiger partial charge in [-0.15, -0.1) is 0 Å². The maximum absolute atomic E-state index is 9.00. The van der Waals surface area contributed by atoms with Gasteiger partial charge in [0.15, 0.2) is 0 Å². The zero-order chi connectivity index (χ0) is 19.0. The Kier molecular flexibility index (Phi) is 8.11. The van der Waals surface area contributed by atoms with Crippen LogP contribution >= 0.6 is 0 Å². The van der Waals surface area contributed by atoms with E-state index >= 15 is 0 Å². The van der Waals surface area contributed by atoms with Gasteiger partial charge in [-0.05, 0) is 53.1 Å². The third-order valence-electron chi connectivity index (χ3n) is 4.63. The fraction of sp³-hybridized carbons (Fsp3) is 0.556. The molecule has 1 N–H and O–H groups in total. The molecule has 2 heterocycles. The van der Waals surface area contributed by atoms with Crippen LogP contribution in [0.15, 0.2) is 24.4 Å². The molecule has 138 valence electrons. The minimum atomic E-state index is -0.833. The second kappa shape index (κ2) is 8.86. The van der Waals surface area contributed by atoms with Gasteiger partial charge in [0.1, 0.15) is 0 Å². The Labute approximate surface area is 199 Å². The molecule has 8 heteroatoms. The van der Waals surface area contributed by atoms with Crippen LogP contribution in [0.1, 0.15) is 55.9 Å².